The average molecular weight is 533 g/mol. The van der Waals surface area contributed by atoms with Crippen molar-refractivity contribution in [2.75, 3.05) is 5.32 Å². The lowest BCUT2D eigenvalue weighted by Gasteiger charge is -2.17. The number of amides is 1. The minimum Gasteiger partial charge on any atom is -0.476 e. The van der Waals surface area contributed by atoms with Gasteiger partial charge < -0.3 is 15.2 Å². The summed E-state index contributed by atoms with van der Waals surface area (Å²) in [5.74, 6) is -2.24. The van der Waals surface area contributed by atoms with E-state index in [1.54, 1.807) is 13.8 Å². The van der Waals surface area contributed by atoms with Crippen LogP contribution in [0.5, 0.6) is 11.6 Å². The number of rotatable bonds is 10. The molecule has 1 amide bonds. The lowest BCUT2D eigenvalue weighted by atomic mass is 10.1. The fourth-order valence-corrected chi connectivity index (χ4v) is 4.95. The molecule has 1 atom stereocenters. The predicted octanol–water partition coefficient (Wildman–Crippen LogP) is 4.48. The van der Waals surface area contributed by atoms with Crippen molar-refractivity contribution >= 4 is 27.6 Å². The van der Waals surface area contributed by atoms with Crippen molar-refractivity contribution in [2.45, 2.75) is 58.5 Å². The van der Waals surface area contributed by atoms with Crippen molar-refractivity contribution in [2.24, 2.45) is 0 Å². The number of halogens is 1. The smallest absolute Gasteiger partial charge is 0.356 e. The van der Waals surface area contributed by atoms with Crippen molar-refractivity contribution in [3.8, 4) is 11.6 Å². The normalized spacial score (nSPS) is 12.3. The fourth-order valence-electron chi connectivity index (χ4n) is 3.47. The van der Waals surface area contributed by atoms with Gasteiger partial charge in [0.05, 0.1) is 0 Å². The largest absolute Gasteiger partial charge is 0.476 e. The first kappa shape index (κ1) is 27.8. The van der Waals surface area contributed by atoms with E-state index >= 15 is 0 Å². The molecule has 37 heavy (non-hydrogen) atoms. The number of sulfonamides is 1. The van der Waals surface area contributed by atoms with E-state index in [9.17, 15) is 27.5 Å². The average Bonchev–Trinajstić information content (AvgIpc) is 3.16. The Bertz CT molecular complexity index is 1450. The molecule has 10 nitrogen and oxygen atoms in total. The maximum Gasteiger partial charge on any atom is 0.356 e. The van der Waals surface area contributed by atoms with Crippen LogP contribution in [-0.2, 0) is 16.6 Å². The van der Waals surface area contributed by atoms with Gasteiger partial charge in [0.25, 0.3) is 5.91 Å². The third kappa shape index (κ3) is 6.15. The molecular weight excluding hydrogens is 503 g/mol. The van der Waals surface area contributed by atoms with Gasteiger partial charge in [0.1, 0.15) is 16.5 Å². The highest BCUT2D eigenvalue weighted by atomic mass is 32.2. The topological polar surface area (TPSA) is 140 Å². The first-order chi connectivity index (χ1) is 17.4. The number of carbonyl (C=O) groups excluding carboxylic acids is 1. The van der Waals surface area contributed by atoms with Crippen LogP contribution in [0.15, 0.2) is 41.3 Å². The number of ether oxygens (including phenoxy) is 1. The number of aromatic carboxylic acids is 1. The van der Waals surface area contributed by atoms with Crippen molar-refractivity contribution in [3.63, 3.8) is 0 Å². The highest BCUT2D eigenvalue weighted by Crippen LogP contribution is 2.34. The first-order valence-electron chi connectivity index (χ1n) is 11.6. The number of hydrogen-bond donors (Lipinski definition) is 3. The van der Waals surface area contributed by atoms with E-state index in [4.69, 9.17) is 4.74 Å². The van der Waals surface area contributed by atoms with Gasteiger partial charge in [-0.3, -0.25) is 4.79 Å². The highest BCUT2D eigenvalue weighted by molar-refractivity contribution is 7.89. The number of aryl methyl sites for hydroxylation is 2. The van der Waals surface area contributed by atoms with Gasteiger partial charge in [0, 0.05) is 29.4 Å². The highest BCUT2D eigenvalue weighted by Gasteiger charge is 2.26. The summed E-state index contributed by atoms with van der Waals surface area (Å²) in [7, 11) is -4.12. The molecule has 0 unspecified atom stereocenters. The van der Waals surface area contributed by atoms with Crippen LogP contribution in [-0.4, -0.2) is 41.2 Å². The van der Waals surface area contributed by atoms with Crippen LogP contribution in [0.2, 0.25) is 0 Å². The number of aromatic nitrogens is 2. The van der Waals surface area contributed by atoms with Crippen LogP contribution in [0.3, 0.4) is 0 Å². The van der Waals surface area contributed by atoms with Gasteiger partial charge in [-0.1, -0.05) is 6.92 Å². The molecule has 198 valence electrons. The molecule has 0 spiro atoms. The standard InChI is InChI=1S/C25H29FN4O6S/c1-6-15(4)29-37(34,35)21-13-18(27-23(31)17-8-10-19(26)14(3)12-17)9-11-20(21)36-24-16(5)22(25(32)33)28-30(24)7-2/h8-13,15,29H,6-7H2,1-5H3,(H,27,31)(H,32,33)/t15-/m1/s1. The number of carboxylic acid groups (broad SMARTS) is 1. The van der Waals surface area contributed by atoms with Crippen molar-refractivity contribution < 1.29 is 32.2 Å². The van der Waals surface area contributed by atoms with E-state index < -0.39 is 27.7 Å². The molecule has 0 saturated heterocycles. The molecule has 0 aliphatic heterocycles. The van der Waals surface area contributed by atoms with Gasteiger partial charge in [-0.15, -0.1) is 0 Å². The zero-order valence-corrected chi connectivity index (χ0v) is 21.9. The molecule has 3 rings (SSSR count). The van der Waals surface area contributed by atoms with E-state index in [0.29, 0.717) is 12.0 Å². The van der Waals surface area contributed by atoms with Gasteiger partial charge in [0.2, 0.25) is 15.9 Å². The van der Waals surface area contributed by atoms with Crippen molar-refractivity contribution in [1.82, 2.24) is 14.5 Å². The van der Waals surface area contributed by atoms with Gasteiger partial charge in [0.15, 0.2) is 5.69 Å². The molecular formula is C25H29FN4O6S. The Balaban J connectivity index is 2.06. The van der Waals surface area contributed by atoms with Gasteiger partial charge >= 0.3 is 5.97 Å². The summed E-state index contributed by atoms with van der Waals surface area (Å²) in [6.07, 6.45) is 0.527. The monoisotopic (exact) mass is 532 g/mol. The molecule has 0 aliphatic rings. The number of carboxylic acids is 1. The van der Waals surface area contributed by atoms with Crippen LogP contribution in [0, 0.1) is 19.7 Å². The third-order valence-electron chi connectivity index (χ3n) is 5.72. The number of anilines is 1. The van der Waals surface area contributed by atoms with E-state index in [-0.39, 0.29) is 51.6 Å². The number of benzene rings is 2. The number of hydrogen-bond acceptors (Lipinski definition) is 6. The maximum atomic E-state index is 13.6. The zero-order valence-electron chi connectivity index (χ0n) is 21.1. The van der Waals surface area contributed by atoms with Crippen LogP contribution in [0.4, 0.5) is 10.1 Å². The summed E-state index contributed by atoms with van der Waals surface area (Å²) in [6, 6.07) is 7.56. The SMILES string of the molecule is CC[C@@H](C)NS(=O)(=O)c1cc(NC(=O)c2ccc(F)c(C)c2)ccc1Oc1c(C)c(C(=O)O)nn1CC. The quantitative estimate of drug-likeness (QED) is 0.350. The molecule has 1 aromatic heterocycles. The second kappa shape index (κ2) is 11.1. The molecule has 0 bridgehead atoms. The summed E-state index contributed by atoms with van der Waals surface area (Å²) < 4.78 is 50.0. The predicted molar refractivity (Wildman–Crippen MR) is 135 cm³/mol. The second-order valence-corrected chi connectivity index (χ2v) is 10.2. The van der Waals surface area contributed by atoms with Gasteiger partial charge in [-0.05, 0) is 76.1 Å². The van der Waals surface area contributed by atoms with E-state index in [1.807, 2.05) is 6.92 Å². The molecule has 0 fully saturated rings. The van der Waals surface area contributed by atoms with Crippen LogP contribution >= 0.6 is 0 Å². The van der Waals surface area contributed by atoms with Gasteiger partial charge in [-0.25, -0.2) is 27.0 Å². The Hall–Kier alpha value is -3.77. The summed E-state index contributed by atoms with van der Waals surface area (Å²) in [5, 5.41) is 16.1. The van der Waals surface area contributed by atoms with Crippen LogP contribution in [0.25, 0.3) is 0 Å². The Morgan fingerprint density at radius 1 is 1.16 bits per heavy atom. The molecule has 2 aromatic carbocycles. The summed E-state index contributed by atoms with van der Waals surface area (Å²) in [5.41, 5.74) is 0.677. The van der Waals surface area contributed by atoms with Crippen molar-refractivity contribution in [1.29, 1.82) is 0 Å². The Kier molecular flexibility index (Phi) is 8.34. The summed E-state index contributed by atoms with van der Waals surface area (Å²) in [4.78, 5) is 24.0. The number of nitrogens with one attached hydrogen (secondary N) is 2. The van der Waals surface area contributed by atoms with E-state index in [0.717, 1.165) is 0 Å². The van der Waals surface area contributed by atoms with Gasteiger partial charge in [-0.2, -0.15) is 5.10 Å². The molecule has 0 radical (unpaired) electrons. The fraction of sp³-hybridized carbons (Fsp3) is 0.320. The molecule has 12 heteroatoms. The number of nitrogens with zero attached hydrogens (tertiary/aromatic N) is 2. The minimum absolute atomic E-state index is 0.0819. The van der Waals surface area contributed by atoms with E-state index in [2.05, 4.69) is 15.1 Å². The van der Waals surface area contributed by atoms with Crippen LogP contribution in [0.1, 0.15) is 59.2 Å². The van der Waals surface area contributed by atoms with Crippen molar-refractivity contribution in [3.05, 3.63) is 64.6 Å². The summed E-state index contributed by atoms with van der Waals surface area (Å²) in [6.45, 7) is 8.59. The Morgan fingerprint density at radius 3 is 2.46 bits per heavy atom. The minimum atomic E-state index is -4.12. The first-order valence-corrected chi connectivity index (χ1v) is 13.1. The second-order valence-electron chi connectivity index (χ2n) is 8.51. The lowest BCUT2D eigenvalue weighted by molar-refractivity contribution is 0.0688. The molecule has 3 aromatic rings. The number of carbonyl (C=O) groups is 2. The molecule has 0 aliphatic carbocycles. The zero-order chi connectivity index (χ0) is 27.5. The van der Waals surface area contributed by atoms with E-state index in [1.165, 1.54) is 54.9 Å². The van der Waals surface area contributed by atoms with Crippen LogP contribution < -0.4 is 14.8 Å². The Morgan fingerprint density at radius 2 is 1.86 bits per heavy atom. The summed E-state index contributed by atoms with van der Waals surface area (Å²) >= 11 is 0. The molecule has 1 heterocycles. The Labute approximate surface area is 214 Å². The molecule has 3 N–H and O–H groups in total. The third-order valence-corrected chi connectivity index (χ3v) is 7.33. The molecule has 0 saturated carbocycles. The lowest BCUT2D eigenvalue weighted by Crippen LogP contribution is -2.32. The maximum absolute atomic E-state index is 13.6.